The topological polar surface area (TPSA) is 77.2 Å². The zero-order valence-corrected chi connectivity index (χ0v) is 17.0. The van der Waals surface area contributed by atoms with Crippen LogP contribution in [0, 0.1) is 23.0 Å². The molecule has 152 valence electrons. The summed E-state index contributed by atoms with van der Waals surface area (Å²) in [4.78, 5) is 16.2. The Hall–Kier alpha value is -2.19. The number of aromatic nitrogens is 1. The highest BCUT2D eigenvalue weighted by Crippen LogP contribution is 2.41. The summed E-state index contributed by atoms with van der Waals surface area (Å²) < 4.78 is 29.3. The smallest absolute Gasteiger partial charge is 0.227 e. The molecular weight excluding hydrogens is 384 g/mol. The van der Waals surface area contributed by atoms with Gasteiger partial charge in [0.05, 0.1) is 7.11 Å². The number of nitrogens with two attached hydrogens (primary N) is 1. The first-order valence-corrected chi connectivity index (χ1v) is 9.75. The molecule has 3 N–H and O–H groups in total. The fourth-order valence-electron chi connectivity index (χ4n) is 3.10. The quantitative estimate of drug-likeness (QED) is 0.710. The van der Waals surface area contributed by atoms with Gasteiger partial charge in [-0.1, -0.05) is 19.9 Å². The number of ether oxygens (including phenoxy) is 1. The summed E-state index contributed by atoms with van der Waals surface area (Å²) in [5.41, 5.74) is 1.06. The van der Waals surface area contributed by atoms with Crippen LogP contribution in [-0.2, 0) is 4.79 Å². The number of nitrogens with zero attached hydrogens (tertiary/aromatic N) is 1. The summed E-state index contributed by atoms with van der Waals surface area (Å²) in [6.07, 6.45) is 4.71. The normalized spacial score (nSPS) is 17.4. The number of methoxy groups -OCH3 is 1. The first-order chi connectivity index (χ1) is 13.3. The highest BCUT2D eigenvalue weighted by atomic mass is 32.2. The molecule has 5 nitrogen and oxygen atoms in total. The zero-order chi connectivity index (χ0) is 20.7. The highest BCUT2D eigenvalue weighted by molar-refractivity contribution is 7.97. The number of carbonyl (C=O) groups excluding carboxylic acids is 1. The average molecular weight is 410 g/mol. The third-order valence-electron chi connectivity index (χ3n) is 4.60. The second-order valence-corrected chi connectivity index (χ2v) is 8.00. The minimum Gasteiger partial charge on any atom is -0.494 e. The van der Waals surface area contributed by atoms with Crippen LogP contribution in [0.15, 0.2) is 41.6 Å². The van der Waals surface area contributed by atoms with E-state index in [-0.39, 0.29) is 17.6 Å². The molecule has 1 aromatic carbocycles. The van der Waals surface area contributed by atoms with E-state index in [1.807, 2.05) is 0 Å². The van der Waals surface area contributed by atoms with Gasteiger partial charge in [-0.3, -0.25) is 9.93 Å². The number of hydrogen-bond acceptors (Lipinski definition) is 5. The maximum atomic E-state index is 12.5. The van der Waals surface area contributed by atoms with Crippen LogP contribution >= 0.6 is 11.9 Å². The number of hydrogen-bond donors (Lipinski definition) is 2. The van der Waals surface area contributed by atoms with Crippen LogP contribution in [-0.4, -0.2) is 18.0 Å². The number of carbonyl (C=O) groups is 1. The third kappa shape index (κ3) is 6.17. The summed E-state index contributed by atoms with van der Waals surface area (Å²) in [5, 5.41) is 9.11. The number of nitrogens with one attached hydrogen (secondary N) is 1. The van der Waals surface area contributed by atoms with Gasteiger partial charge in [0.2, 0.25) is 11.7 Å². The number of benzene rings is 1. The molecule has 1 fully saturated rings. The maximum absolute atomic E-state index is 12.5. The minimum absolute atomic E-state index is 0.0694. The van der Waals surface area contributed by atoms with E-state index in [2.05, 4.69) is 28.9 Å². The monoisotopic (exact) mass is 409 g/mol. The molecular formula is C20H25F2N3O2S. The van der Waals surface area contributed by atoms with Crippen molar-refractivity contribution in [1.82, 2.24) is 4.98 Å². The van der Waals surface area contributed by atoms with Crippen molar-refractivity contribution in [2.45, 2.75) is 38.1 Å². The van der Waals surface area contributed by atoms with Crippen molar-refractivity contribution in [3.8, 4) is 5.75 Å². The Balaban J connectivity index is 0.000000237. The molecule has 1 unspecified atom stereocenters. The SMILES string of the molecule is CC1(C)CCC(C(=O)Nc2ccnc(SN)c2)C1.COc1cccc(F)c1F. The lowest BCUT2D eigenvalue weighted by Crippen LogP contribution is -2.21. The van der Waals surface area contributed by atoms with Gasteiger partial charge in [-0.05, 0) is 60.9 Å². The van der Waals surface area contributed by atoms with Crippen LogP contribution in [0.25, 0.3) is 0 Å². The van der Waals surface area contributed by atoms with E-state index in [1.54, 1.807) is 18.3 Å². The molecule has 1 heterocycles. The van der Waals surface area contributed by atoms with E-state index in [0.29, 0.717) is 10.4 Å². The molecule has 0 saturated heterocycles. The molecule has 1 aliphatic carbocycles. The fourth-order valence-corrected chi connectivity index (χ4v) is 3.41. The first kappa shape index (κ1) is 22.1. The second kappa shape index (κ2) is 9.84. The molecule has 0 aliphatic heterocycles. The van der Waals surface area contributed by atoms with Gasteiger partial charge < -0.3 is 10.1 Å². The van der Waals surface area contributed by atoms with Gasteiger partial charge in [0.15, 0.2) is 11.6 Å². The van der Waals surface area contributed by atoms with Gasteiger partial charge >= 0.3 is 0 Å². The molecule has 0 bridgehead atoms. The van der Waals surface area contributed by atoms with Crippen molar-refractivity contribution in [3.63, 3.8) is 0 Å². The summed E-state index contributed by atoms with van der Waals surface area (Å²) in [6.45, 7) is 4.44. The van der Waals surface area contributed by atoms with Gasteiger partial charge in [0.25, 0.3) is 0 Å². The molecule has 1 aliphatic rings. The lowest BCUT2D eigenvalue weighted by Gasteiger charge is -2.17. The molecule has 8 heteroatoms. The van der Waals surface area contributed by atoms with Gasteiger partial charge in [0, 0.05) is 17.8 Å². The van der Waals surface area contributed by atoms with Gasteiger partial charge in [-0.25, -0.2) is 9.37 Å². The highest BCUT2D eigenvalue weighted by Gasteiger charge is 2.34. The Morgan fingerprint density at radius 3 is 2.68 bits per heavy atom. The van der Waals surface area contributed by atoms with Gasteiger partial charge in [0.1, 0.15) is 5.03 Å². The maximum Gasteiger partial charge on any atom is 0.227 e. The Labute approximate surface area is 168 Å². The van der Waals surface area contributed by atoms with Crippen molar-refractivity contribution in [2.24, 2.45) is 16.5 Å². The lowest BCUT2D eigenvalue weighted by molar-refractivity contribution is -0.119. The van der Waals surface area contributed by atoms with Crippen molar-refractivity contribution in [2.75, 3.05) is 12.4 Å². The van der Waals surface area contributed by atoms with Crippen LogP contribution < -0.4 is 15.2 Å². The van der Waals surface area contributed by atoms with E-state index in [1.165, 1.54) is 19.2 Å². The van der Waals surface area contributed by atoms with E-state index in [0.717, 1.165) is 43.0 Å². The number of amides is 1. The van der Waals surface area contributed by atoms with Gasteiger partial charge in [-0.15, -0.1) is 0 Å². The molecule has 2 aromatic rings. The number of anilines is 1. The molecule has 0 radical (unpaired) electrons. The van der Waals surface area contributed by atoms with E-state index in [4.69, 9.17) is 5.14 Å². The van der Waals surface area contributed by atoms with E-state index >= 15 is 0 Å². The van der Waals surface area contributed by atoms with Crippen LogP contribution in [0.5, 0.6) is 5.75 Å². The lowest BCUT2D eigenvalue weighted by atomic mass is 9.90. The molecule has 1 saturated carbocycles. The number of halogens is 2. The fraction of sp³-hybridized carbons (Fsp3) is 0.400. The van der Waals surface area contributed by atoms with Crippen molar-refractivity contribution in [1.29, 1.82) is 0 Å². The Bertz CT molecular complexity index is 818. The molecule has 1 amide bonds. The minimum atomic E-state index is -0.940. The third-order valence-corrected chi connectivity index (χ3v) is 5.06. The zero-order valence-electron chi connectivity index (χ0n) is 16.2. The van der Waals surface area contributed by atoms with E-state index < -0.39 is 11.6 Å². The number of pyridine rings is 1. The Kier molecular flexibility index (Phi) is 7.77. The predicted molar refractivity (Wildman–Crippen MR) is 107 cm³/mol. The van der Waals surface area contributed by atoms with E-state index in [9.17, 15) is 13.6 Å². The van der Waals surface area contributed by atoms with Crippen LogP contribution in [0.2, 0.25) is 0 Å². The van der Waals surface area contributed by atoms with Crippen LogP contribution in [0.4, 0.5) is 14.5 Å². The van der Waals surface area contributed by atoms with Crippen molar-refractivity contribution in [3.05, 3.63) is 48.2 Å². The Morgan fingerprint density at radius 2 is 2.11 bits per heavy atom. The predicted octanol–water partition coefficient (Wildman–Crippen LogP) is 4.79. The Morgan fingerprint density at radius 1 is 1.36 bits per heavy atom. The summed E-state index contributed by atoms with van der Waals surface area (Å²) in [7, 11) is 1.29. The second-order valence-electron chi connectivity index (χ2n) is 7.35. The van der Waals surface area contributed by atoms with Crippen LogP contribution in [0.1, 0.15) is 33.1 Å². The van der Waals surface area contributed by atoms with Crippen LogP contribution in [0.3, 0.4) is 0 Å². The number of rotatable bonds is 4. The summed E-state index contributed by atoms with van der Waals surface area (Å²) in [5.74, 6) is -1.66. The van der Waals surface area contributed by atoms with Crippen molar-refractivity contribution >= 4 is 23.5 Å². The summed E-state index contributed by atoms with van der Waals surface area (Å²) in [6, 6.07) is 7.37. The molecule has 28 heavy (non-hydrogen) atoms. The van der Waals surface area contributed by atoms with Crippen molar-refractivity contribution < 1.29 is 18.3 Å². The van der Waals surface area contributed by atoms with Gasteiger partial charge in [-0.2, -0.15) is 4.39 Å². The molecule has 0 spiro atoms. The molecule has 3 rings (SSSR count). The molecule has 1 aromatic heterocycles. The first-order valence-electron chi connectivity index (χ1n) is 8.87. The molecule has 1 atom stereocenters. The summed E-state index contributed by atoms with van der Waals surface area (Å²) >= 11 is 1.08. The average Bonchev–Trinajstić information content (AvgIpc) is 3.04. The standard InChI is InChI=1S/C13H19N3OS.C7H6F2O/c1-13(2)5-3-9(8-13)12(17)16-10-4-6-15-11(7-10)18-14;1-10-6-4-2-3-5(8)7(6)9/h4,6-7,9H,3,5,8,14H2,1-2H3,(H,15,16,17);2-4H,1H3. The largest absolute Gasteiger partial charge is 0.494 e.